The zero-order valence-corrected chi connectivity index (χ0v) is 15.1. The van der Waals surface area contributed by atoms with Crippen LogP contribution in [0.25, 0.3) is 0 Å². The SMILES string of the molecule is COc1cc(C[C@H](NCOC(C)(C)C)C(=O)O)cc(OC)c1OC. The van der Waals surface area contributed by atoms with Crippen molar-refractivity contribution in [3.63, 3.8) is 0 Å². The van der Waals surface area contributed by atoms with Gasteiger partial charge in [-0.3, -0.25) is 10.1 Å². The molecule has 0 amide bonds. The molecule has 0 fully saturated rings. The lowest BCUT2D eigenvalue weighted by Gasteiger charge is -2.22. The van der Waals surface area contributed by atoms with E-state index in [0.717, 1.165) is 5.56 Å². The number of carboxylic acids is 1. The fourth-order valence-corrected chi connectivity index (χ4v) is 2.09. The van der Waals surface area contributed by atoms with Crippen LogP contribution >= 0.6 is 0 Å². The van der Waals surface area contributed by atoms with E-state index in [4.69, 9.17) is 18.9 Å². The van der Waals surface area contributed by atoms with Crippen LogP contribution in [0.15, 0.2) is 12.1 Å². The molecule has 0 spiro atoms. The summed E-state index contributed by atoms with van der Waals surface area (Å²) in [5, 5.41) is 12.3. The smallest absolute Gasteiger partial charge is 0.321 e. The molecule has 0 bridgehead atoms. The molecule has 0 heterocycles. The number of carboxylic acid groups (broad SMARTS) is 1. The van der Waals surface area contributed by atoms with Crippen molar-refractivity contribution in [1.82, 2.24) is 5.32 Å². The van der Waals surface area contributed by atoms with Gasteiger partial charge in [0.1, 0.15) is 6.04 Å². The van der Waals surface area contributed by atoms with Crippen LogP contribution in [0, 0.1) is 0 Å². The lowest BCUT2D eigenvalue weighted by molar-refractivity contribution is -0.140. The maximum atomic E-state index is 11.5. The highest BCUT2D eigenvalue weighted by atomic mass is 16.5. The molecule has 2 N–H and O–H groups in total. The topological polar surface area (TPSA) is 86.3 Å². The number of nitrogens with one attached hydrogen (secondary N) is 1. The molecule has 1 aromatic carbocycles. The Morgan fingerprint density at radius 2 is 1.67 bits per heavy atom. The van der Waals surface area contributed by atoms with E-state index < -0.39 is 12.0 Å². The van der Waals surface area contributed by atoms with Crippen molar-refractivity contribution >= 4 is 5.97 Å². The summed E-state index contributed by atoms with van der Waals surface area (Å²) < 4.78 is 21.4. The second-order valence-electron chi connectivity index (χ2n) is 6.23. The summed E-state index contributed by atoms with van der Waals surface area (Å²) in [5.41, 5.74) is 0.406. The van der Waals surface area contributed by atoms with Crippen molar-refractivity contribution in [3.8, 4) is 17.2 Å². The molecule has 136 valence electrons. The van der Waals surface area contributed by atoms with Gasteiger partial charge in [0.05, 0.1) is 33.7 Å². The maximum Gasteiger partial charge on any atom is 0.321 e. The summed E-state index contributed by atoms with van der Waals surface area (Å²) >= 11 is 0. The van der Waals surface area contributed by atoms with Crippen LogP contribution in [0.4, 0.5) is 0 Å². The highest BCUT2D eigenvalue weighted by molar-refractivity contribution is 5.74. The molecule has 1 atom stereocenters. The van der Waals surface area contributed by atoms with Crippen LogP contribution in [-0.2, 0) is 16.0 Å². The van der Waals surface area contributed by atoms with Crippen molar-refractivity contribution in [3.05, 3.63) is 17.7 Å². The minimum Gasteiger partial charge on any atom is -0.493 e. The first-order chi connectivity index (χ1) is 11.2. The minimum absolute atomic E-state index is 0.144. The number of methoxy groups -OCH3 is 3. The molecule has 0 aliphatic carbocycles. The van der Waals surface area contributed by atoms with Crippen LogP contribution in [0.5, 0.6) is 17.2 Å². The Morgan fingerprint density at radius 1 is 1.12 bits per heavy atom. The van der Waals surface area contributed by atoms with Gasteiger partial charge in [0.2, 0.25) is 5.75 Å². The third kappa shape index (κ3) is 5.90. The minimum atomic E-state index is -0.957. The molecule has 0 unspecified atom stereocenters. The van der Waals surface area contributed by atoms with E-state index in [-0.39, 0.29) is 18.8 Å². The van der Waals surface area contributed by atoms with E-state index in [0.29, 0.717) is 17.2 Å². The lowest BCUT2D eigenvalue weighted by atomic mass is 10.0. The van der Waals surface area contributed by atoms with Gasteiger partial charge in [-0.15, -0.1) is 0 Å². The van der Waals surface area contributed by atoms with Gasteiger partial charge in [-0.25, -0.2) is 0 Å². The largest absolute Gasteiger partial charge is 0.493 e. The highest BCUT2D eigenvalue weighted by Crippen LogP contribution is 2.38. The van der Waals surface area contributed by atoms with Gasteiger partial charge < -0.3 is 24.1 Å². The second-order valence-corrected chi connectivity index (χ2v) is 6.23. The Morgan fingerprint density at radius 3 is 2.04 bits per heavy atom. The van der Waals surface area contributed by atoms with Crippen LogP contribution in [0.3, 0.4) is 0 Å². The van der Waals surface area contributed by atoms with Crippen LogP contribution in [0.1, 0.15) is 26.3 Å². The predicted octanol–water partition coefficient (Wildman–Crippen LogP) is 2.07. The maximum absolute atomic E-state index is 11.5. The lowest BCUT2D eigenvalue weighted by Crippen LogP contribution is -2.41. The zero-order chi connectivity index (χ0) is 18.3. The summed E-state index contributed by atoms with van der Waals surface area (Å²) in [6.45, 7) is 5.86. The molecule has 0 aromatic heterocycles. The Kier molecular flexibility index (Phi) is 7.31. The van der Waals surface area contributed by atoms with Gasteiger partial charge >= 0.3 is 5.97 Å². The molecular formula is C17H27NO6. The number of hydrogen-bond donors (Lipinski definition) is 2. The van der Waals surface area contributed by atoms with Crippen molar-refractivity contribution in [2.45, 2.75) is 38.8 Å². The standard InChI is InChI=1S/C17H27NO6/c1-17(2,3)24-10-18-12(16(19)20)7-11-8-13(21-4)15(23-6)14(9-11)22-5/h8-9,12,18H,7,10H2,1-6H3,(H,19,20)/t12-/m0/s1. The highest BCUT2D eigenvalue weighted by Gasteiger charge is 2.21. The molecular weight excluding hydrogens is 314 g/mol. The Hall–Kier alpha value is -1.99. The molecule has 7 heteroatoms. The molecule has 0 aliphatic heterocycles. The molecule has 0 radical (unpaired) electrons. The molecule has 0 saturated carbocycles. The first kappa shape index (κ1) is 20.1. The number of ether oxygens (including phenoxy) is 4. The average molecular weight is 341 g/mol. The van der Waals surface area contributed by atoms with E-state index in [1.165, 1.54) is 21.3 Å². The normalized spacial score (nSPS) is 12.6. The molecule has 7 nitrogen and oxygen atoms in total. The average Bonchev–Trinajstić information content (AvgIpc) is 2.51. The van der Waals surface area contributed by atoms with Crippen molar-refractivity contribution in [2.75, 3.05) is 28.1 Å². The Labute approximate surface area is 142 Å². The molecule has 1 rings (SSSR count). The van der Waals surface area contributed by atoms with E-state index in [9.17, 15) is 9.90 Å². The third-order valence-corrected chi connectivity index (χ3v) is 3.30. The van der Waals surface area contributed by atoms with Gasteiger partial charge in [0.15, 0.2) is 11.5 Å². The zero-order valence-electron chi connectivity index (χ0n) is 15.1. The summed E-state index contributed by atoms with van der Waals surface area (Å²) in [4.78, 5) is 11.5. The third-order valence-electron chi connectivity index (χ3n) is 3.30. The van der Waals surface area contributed by atoms with E-state index >= 15 is 0 Å². The number of hydrogen-bond acceptors (Lipinski definition) is 6. The summed E-state index contributed by atoms with van der Waals surface area (Å²) in [7, 11) is 4.56. The Balaban J connectivity index is 2.92. The van der Waals surface area contributed by atoms with Gasteiger partial charge in [-0.1, -0.05) is 0 Å². The fraction of sp³-hybridized carbons (Fsp3) is 0.588. The Bertz CT molecular complexity index is 527. The predicted molar refractivity (Wildman–Crippen MR) is 90.1 cm³/mol. The van der Waals surface area contributed by atoms with Crippen LogP contribution in [-0.4, -0.2) is 50.8 Å². The summed E-state index contributed by atoms with van der Waals surface area (Å²) in [6.07, 6.45) is 0.250. The van der Waals surface area contributed by atoms with E-state index in [2.05, 4.69) is 5.32 Å². The summed E-state index contributed by atoms with van der Waals surface area (Å²) in [6, 6.07) is 2.68. The fourth-order valence-electron chi connectivity index (χ4n) is 2.09. The number of carbonyl (C=O) groups is 1. The molecule has 1 aromatic rings. The van der Waals surface area contributed by atoms with Gasteiger partial charge in [-0.2, -0.15) is 0 Å². The number of aliphatic carboxylic acids is 1. The quantitative estimate of drug-likeness (QED) is 0.665. The number of benzene rings is 1. The molecule has 24 heavy (non-hydrogen) atoms. The van der Waals surface area contributed by atoms with Gasteiger partial charge in [0.25, 0.3) is 0 Å². The van der Waals surface area contributed by atoms with Crippen LogP contribution in [0.2, 0.25) is 0 Å². The molecule has 0 aliphatic rings. The summed E-state index contributed by atoms with van der Waals surface area (Å²) in [5.74, 6) is 0.491. The van der Waals surface area contributed by atoms with Crippen LogP contribution < -0.4 is 19.5 Å². The van der Waals surface area contributed by atoms with Gasteiger partial charge in [0, 0.05) is 0 Å². The first-order valence-corrected chi connectivity index (χ1v) is 7.61. The number of rotatable bonds is 9. The second kappa shape index (κ2) is 8.75. The van der Waals surface area contributed by atoms with Crippen molar-refractivity contribution in [1.29, 1.82) is 0 Å². The monoisotopic (exact) mass is 341 g/mol. The van der Waals surface area contributed by atoms with Crippen molar-refractivity contribution < 1.29 is 28.8 Å². The van der Waals surface area contributed by atoms with Crippen molar-refractivity contribution in [2.24, 2.45) is 0 Å². The van der Waals surface area contributed by atoms with E-state index in [1.54, 1.807) is 12.1 Å². The van der Waals surface area contributed by atoms with E-state index in [1.807, 2.05) is 20.8 Å². The van der Waals surface area contributed by atoms with Gasteiger partial charge in [-0.05, 0) is 44.9 Å². The molecule has 0 saturated heterocycles. The first-order valence-electron chi connectivity index (χ1n) is 7.61.